The van der Waals surface area contributed by atoms with E-state index >= 15 is 0 Å². The van der Waals surface area contributed by atoms with Crippen molar-refractivity contribution in [1.82, 2.24) is 14.9 Å². The van der Waals surface area contributed by atoms with Gasteiger partial charge in [0.05, 0.1) is 5.69 Å². The Morgan fingerprint density at radius 1 is 1.30 bits per heavy atom. The average Bonchev–Trinajstić information content (AvgIpc) is 2.72. The molecule has 27 heavy (non-hydrogen) atoms. The van der Waals surface area contributed by atoms with Crippen molar-refractivity contribution in [3.05, 3.63) is 40.2 Å². The van der Waals surface area contributed by atoms with Crippen LogP contribution in [0.2, 0.25) is 0 Å². The third-order valence-electron chi connectivity index (χ3n) is 4.40. The third-order valence-corrected chi connectivity index (χ3v) is 4.98. The van der Waals surface area contributed by atoms with E-state index in [-0.39, 0.29) is 18.1 Å². The van der Waals surface area contributed by atoms with Gasteiger partial charge in [-0.05, 0) is 49.8 Å². The summed E-state index contributed by atoms with van der Waals surface area (Å²) in [5.74, 6) is 0.545. The fourth-order valence-electron chi connectivity index (χ4n) is 2.95. The number of carbonyl (C=O) groups excluding carboxylic acids is 1. The number of rotatable bonds is 5. The summed E-state index contributed by atoms with van der Waals surface area (Å²) in [4.78, 5) is 32.9. The van der Waals surface area contributed by atoms with Crippen molar-refractivity contribution in [3.63, 3.8) is 0 Å². The van der Waals surface area contributed by atoms with E-state index in [0.29, 0.717) is 22.2 Å². The molecule has 1 fully saturated rings. The summed E-state index contributed by atoms with van der Waals surface area (Å²) >= 11 is 1.30. The number of ether oxygens (including phenoxy) is 1. The van der Waals surface area contributed by atoms with Gasteiger partial charge in [0, 0.05) is 18.7 Å². The molecule has 1 aliphatic heterocycles. The summed E-state index contributed by atoms with van der Waals surface area (Å²) in [7, 11) is 0. The zero-order valence-corrected chi connectivity index (χ0v) is 15.8. The maximum absolute atomic E-state index is 12.2. The van der Waals surface area contributed by atoms with Gasteiger partial charge in [0.15, 0.2) is 11.8 Å². The quantitative estimate of drug-likeness (QED) is 0.628. The lowest BCUT2D eigenvalue weighted by atomic mass is 10.1. The van der Waals surface area contributed by atoms with Gasteiger partial charge in [0.25, 0.3) is 11.5 Å². The van der Waals surface area contributed by atoms with E-state index in [9.17, 15) is 14.9 Å². The summed E-state index contributed by atoms with van der Waals surface area (Å²) in [6.45, 7) is 1.59. The molecule has 0 aliphatic carbocycles. The molecule has 1 aromatic carbocycles. The van der Waals surface area contributed by atoms with Gasteiger partial charge in [-0.3, -0.25) is 9.59 Å². The highest BCUT2D eigenvalue weighted by molar-refractivity contribution is 7.98. The number of amides is 1. The Labute approximate surface area is 161 Å². The van der Waals surface area contributed by atoms with E-state index in [1.54, 1.807) is 30.5 Å². The number of benzene rings is 1. The van der Waals surface area contributed by atoms with Gasteiger partial charge in [-0.25, -0.2) is 4.98 Å². The fourth-order valence-corrected chi connectivity index (χ4v) is 3.33. The number of thioether (sulfide) groups is 1. The van der Waals surface area contributed by atoms with Crippen LogP contribution in [0.25, 0.3) is 11.3 Å². The predicted molar refractivity (Wildman–Crippen MR) is 103 cm³/mol. The molecule has 1 N–H and O–H groups in total. The van der Waals surface area contributed by atoms with Crippen LogP contribution < -0.4 is 10.3 Å². The number of likely N-dealkylation sites (tertiary alicyclic amines) is 1. The molecule has 1 amide bonds. The summed E-state index contributed by atoms with van der Waals surface area (Å²) in [5, 5.41) is 9.71. The van der Waals surface area contributed by atoms with Crippen LogP contribution in [0.3, 0.4) is 0 Å². The normalized spacial score (nSPS) is 13.9. The SMILES string of the molecule is CSc1nc(-c2ccc(OCC(=O)N3CCCCC3)cc2)c(C#N)c(=O)[nH]1. The maximum atomic E-state index is 12.2. The van der Waals surface area contributed by atoms with Gasteiger partial charge >= 0.3 is 0 Å². The molecule has 140 valence electrons. The highest BCUT2D eigenvalue weighted by atomic mass is 32.2. The Bertz CT molecular complexity index is 912. The van der Waals surface area contributed by atoms with E-state index in [2.05, 4.69) is 9.97 Å². The number of aromatic nitrogens is 2. The Balaban J connectivity index is 1.72. The molecule has 0 spiro atoms. The Morgan fingerprint density at radius 3 is 2.63 bits per heavy atom. The van der Waals surface area contributed by atoms with Gasteiger partial charge in [-0.1, -0.05) is 11.8 Å². The van der Waals surface area contributed by atoms with E-state index in [4.69, 9.17) is 4.74 Å². The molecule has 8 heteroatoms. The van der Waals surface area contributed by atoms with Crippen LogP contribution >= 0.6 is 11.8 Å². The smallest absolute Gasteiger partial charge is 0.270 e. The minimum absolute atomic E-state index is 0.00265. The number of aromatic amines is 1. The number of nitrogens with one attached hydrogen (secondary N) is 1. The predicted octanol–water partition coefficient (Wildman–Crippen LogP) is 2.42. The largest absolute Gasteiger partial charge is 0.484 e. The van der Waals surface area contributed by atoms with Crippen LogP contribution in [-0.2, 0) is 4.79 Å². The van der Waals surface area contributed by atoms with Crippen LogP contribution in [0, 0.1) is 11.3 Å². The first-order valence-electron chi connectivity index (χ1n) is 8.72. The Hall–Kier alpha value is -2.79. The number of hydrogen-bond acceptors (Lipinski definition) is 6. The molecule has 0 saturated carbocycles. The highest BCUT2D eigenvalue weighted by Crippen LogP contribution is 2.24. The van der Waals surface area contributed by atoms with Crippen molar-refractivity contribution in [2.75, 3.05) is 26.0 Å². The summed E-state index contributed by atoms with van der Waals surface area (Å²) in [6.07, 6.45) is 5.06. The average molecular weight is 384 g/mol. The molecule has 0 radical (unpaired) electrons. The van der Waals surface area contributed by atoms with Gasteiger partial charge in [-0.2, -0.15) is 5.26 Å². The molecular weight excluding hydrogens is 364 g/mol. The van der Waals surface area contributed by atoms with Crippen LogP contribution in [0.4, 0.5) is 0 Å². The van der Waals surface area contributed by atoms with E-state index in [1.165, 1.54) is 18.2 Å². The number of H-pyrrole nitrogens is 1. The number of nitrogens with zero attached hydrogens (tertiary/aromatic N) is 3. The third kappa shape index (κ3) is 4.49. The second-order valence-corrected chi connectivity index (χ2v) is 6.96. The monoisotopic (exact) mass is 384 g/mol. The van der Waals surface area contributed by atoms with Crippen molar-refractivity contribution >= 4 is 17.7 Å². The standard InChI is InChI=1S/C19H20N4O3S/c1-27-19-21-17(15(11-20)18(25)22-19)13-5-7-14(8-6-13)26-12-16(24)23-9-3-2-4-10-23/h5-8H,2-4,9-10,12H2,1H3,(H,21,22,25). The molecule has 2 aromatic rings. The zero-order valence-electron chi connectivity index (χ0n) is 15.0. The molecule has 0 bridgehead atoms. The first kappa shape index (κ1) is 19.0. The lowest BCUT2D eigenvalue weighted by Crippen LogP contribution is -2.38. The zero-order chi connectivity index (χ0) is 19.2. The summed E-state index contributed by atoms with van der Waals surface area (Å²) < 4.78 is 5.59. The van der Waals surface area contributed by atoms with Crippen LogP contribution in [0.15, 0.2) is 34.2 Å². The van der Waals surface area contributed by atoms with Gasteiger partial charge < -0.3 is 14.6 Å². The van der Waals surface area contributed by atoms with Crippen molar-refractivity contribution in [2.24, 2.45) is 0 Å². The lowest BCUT2D eigenvalue weighted by Gasteiger charge is -2.26. The highest BCUT2D eigenvalue weighted by Gasteiger charge is 2.17. The fraction of sp³-hybridized carbons (Fsp3) is 0.368. The van der Waals surface area contributed by atoms with E-state index in [0.717, 1.165) is 25.9 Å². The van der Waals surface area contributed by atoms with E-state index < -0.39 is 5.56 Å². The van der Waals surface area contributed by atoms with E-state index in [1.807, 2.05) is 11.0 Å². The minimum atomic E-state index is -0.459. The first-order chi connectivity index (χ1) is 13.1. The second-order valence-electron chi connectivity index (χ2n) is 6.17. The van der Waals surface area contributed by atoms with Gasteiger partial charge in [-0.15, -0.1) is 0 Å². The van der Waals surface area contributed by atoms with Crippen LogP contribution in [0.5, 0.6) is 5.75 Å². The van der Waals surface area contributed by atoms with Crippen molar-refractivity contribution in [3.8, 4) is 23.1 Å². The minimum Gasteiger partial charge on any atom is -0.484 e. The van der Waals surface area contributed by atoms with Crippen LogP contribution in [-0.4, -0.2) is 46.7 Å². The molecule has 1 aromatic heterocycles. The molecular formula is C19H20N4O3S. The number of nitriles is 1. The Kier molecular flexibility index (Phi) is 6.14. The molecule has 1 aliphatic rings. The topological polar surface area (TPSA) is 99.1 Å². The molecule has 1 saturated heterocycles. The van der Waals surface area contributed by atoms with Crippen molar-refractivity contribution in [1.29, 1.82) is 5.26 Å². The number of hydrogen-bond donors (Lipinski definition) is 1. The molecule has 7 nitrogen and oxygen atoms in total. The summed E-state index contributed by atoms with van der Waals surface area (Å²) in [5.41, 5.74) is 0.491. The number of piperidine rings is 1. The van der Waals surface area contributed by atoms with Gasteiger partial charge in [0.1, 0.15) is 17.4 Å². The van der Waals surface area contributed by atoms with Crippen molar-refractivity contribution < 1.29 is 9.53 Å². The van der Waals surface area contributed by atoms with Crippen LogP contribution in [0.1, 0.15) is 24.8 Å². The second kappa shape index (κ2) is 8.73. The lowest BCUT2D eigenvalue weighted by molar-refractivity contribution is -0.134. The summed E-state index contributed by atoms with van der Waals surface area (Å²) in [6, 6.07) is 8.79. The van der Waals surface area contributed by atoms with Crippen molar-refractivity contribution in [2.45, 2.75) is 24.4 Å². The molecule has 0 atom stereocenters. The van der Waals surface area contributed by atoms with Gasteiger partial charge in [0.2, 0.25) is 0 Å². The first-order valence-corrected chi connectivity index (χ1v) is 9.94. The maximum Gasteiger partial charge on any atom is 0.270 e. The molecule has 3 rings (SSSR count). The Morgan fingerprint density at radius 2 is 2.00 bits per heavy atom. The number of carbonyl (C=O) groups is 1. The molecule has 2 heterocycles. The molecule has 0 unspecified atom stereocenters.